The lowest BCUT2D eigenvalue weighted by atomic mass is 10.2. The minimum atomic E-state index is 0.0844. The first-order valence-electron chi connectivity index (χ1n) is 11.9. The molecule has 3 aromatic rings. The fourth-order valence-electron chi connectivity index (χ4n) is 4.53. The van der Waals surface area contributed by atoms with E-state index in [-0.39, 0.29) is 5.91 Å². The van der Waals surface area contributed by atoms with Gasteiger partial charge < -0.3 is 5.32 Å². The third kappa shape index (κ3) is 6.53. The van der Waals surface area contributed by atoms with Gasteiger partial charge in [0.2, 0.25) is 5.91 Å². The van der Waals surface area contributed by atoms with Gasteiger partial charge in [-0.25, -0.2) is 0 Å². The van der Waals surface area contributed by atoms with Crippen molar-refractivity contribution in [3.05, 3.63) is 88.7 Å². The Balaban J connectivity index is 1.25. The highest BCUT2D eigenvalue weighted by Crippen LogP contribution is 2.15. The molecule has 1 fully saturated rings. The van der Waals surface area contributed by atoms with E-state index >= 15 is 0 Å². The van der Waals surface area contributed by atoms with Gasteiger partial charge in [0, 0.05) is 37.4 Å². The lowest BCUT2D eigenvalue weighted by Gasteiger charge is -2.21. The second-order valence-electron chi connectivity index (χ2n) is 8.96. The van der Waals surface area contributed by atoms with Crippen molar-refractivity contribution in [2.24, 2.45) is 0 Å². The summed E-state index contributed by atoms with van der Waals surface area (Å²) in [5.41, 5.74) is 5.78. The Morgan fingerprint density at radius 3 is 2.15 bits per heavy atom. The molecule has 6 heteroatoms. The van der Waals surface area contributed by atoms with Crippen molar-refractivity contribution in [1.82, 2.24) is 24.9 Å². The number of hydrogen-bond acceptors (Lipinski definition) is 4. The maximum absolute atomic E-state index is 12.7. The number of amides is 1. The van der Waals surface area contributed by atoms with Crippen LogP contribution in [-0.2, 0) is 24.4 Å². The van der Waals surface area contributed by atoms with Gasteiger partial charge in [-0.3, -0.25) is 19.3 Å². The molecule has 174 valence electrons. The van der Waals surface area contributed by atoms with E-state index in [4.69, 9.17) is 5.10 Å². The number of hydrogen-bond donors (Lipinski definition) is 1. The van der Waals surface area contributed by atoms with Gasteiger partial charge in [-0.2, -0.15) is 5.10 Å². The van der Waals surface area contributed by atoms with Crippen molar-refractivity contribution >= 4 is 5.91 Å². The summed E-state index contributed by atoms with van der Waals surface area (Å²) >= 11 is 0. The summed E-state index contributed by atoms with van der Waals surface area (Å²) in [4.78, 5) is 17.5. The van der Waals surface area contributed by atoms with Gasteiger partial charge in [-0.1, -0.05) is 60.7 Å². The van der Waals surface area contributed by atoms with E-state index in [2.05, 4.69) is 64.5 Å². The maximum Gasteiger partial charge on any atom is 0.234 e. The van der Waals surface area contributed by atoms with E-state index < -0.39 is 0 Å². The number of nitrogens with zero attached hydrogens (tertiary/aromatic N) is 4. The van der Waals surface area contributed by atoms with Crippen LogP contribution in [0.25, 0.3) is 0 Å². The normalized spacial score (nSPS) is 15.3. The lowest BCUT2D eigenvalue weighted by Crippen LogP contribution is -2.39. The third-order valence-corrected chi connectivity index (χ3v) is 6.47. The van der Waals surface area contributed by atoms with Crippen LogP contribution in [0.4, 0.5) is 0 Å². The summed E-state index contributed by atoms with van der Waals surface area (Å²) in [6.07, 6.45) is 1.09. The molecule has 0 aliphatic carbocycles. The first-order chi connectivity index (χ1) is 16.1. The molecule has 1 saturated heterocycles. The summed E-state index contributed by atoms with van der Waals surface area (Å²) in [7, 11) is 0. The smallest absolute Gasteiger partial charge is 0.234 e. The first-order valence-corrected chi connectivity index (χ1v) is 11.9. The topological polar surface area (TPSA) is 53.4 Å². The zero-order valence-corrected chi connectivity index (χ0v) is 19.8. The predicted molar refractivity (Wildman–Crippen MR) is 132 cm³/mol. The molecule has 0 radical (unpaired) electrons. The zero-order chi connectivity index (χ0) is 23.0. The average Bonchev–Trinajstić information content (AvgIpc) is 2.96. The quantitative estimate of drug-likeness (QED) is 0.578. The van der Waals surface area contributed by atoms with Gasteiger partial charge >= 0.3 is 0 Å². The largest absolute Gasteiger partial charge is 0.351 e. The third-order valence-electron chi connectivity index (χ3n) is 6.47. The molecule has 0 bridgehead atoms. The standard InChI is InChI=1S/C27H35N5O/c1-22-26(23(2)32(29-22)20-25-12-7-4-8-13-25)18-28-27(33)21-31-15-9-14-30(16-17-31)19-24-10-5-3-6-11-24/h3-8,10-13H,9,14-21H2,1-2H3,(H,28,33). The first kappa shape index (κ1) is 23.2. The second kappa shape index (κ2) is 11.3. The van der Waals surface area contributed by atoms with Gasteiger partial charge in [-0.15, -0.1) is 0 Å². The summed E-state index contributed by atoms with van der Waals surface area (Å²) < 4.78 is 2.03. The summed E-state index contributed by atoms with van der Waals surface area (Å²) in [6, 6.07) is 21.0. The van der Waals surface area contributed by atoms with Crippen molar-refractivity contribution in [3.8, 4) is 0 Å². The summed E-state index contributed by atoms with van der Waals surface area (Å²) in [6.45, 7) is 10.8. The number of benzene rings is 2. The van der Waals surface area contributed by atoms with Crippen LogP contribution in [0, 0.1) is 13.8 Å². The molecule has 1 amide bonds. The van der Waals surface area contributed by atoms with Crippen LogP contribution >= 0.6 is 0 Å². The monoisotopic (exact) mass is 445 g/mol. The number of nitrogens with one attached hydrogen (secondary N) is 1. The minimum Gasteiger partial charge on any atom is -0.351 e. The van der Waals surface area contributed by atoms with Gasteiger partial charge in [-0.05, 0) is 44.5 Å². The van der Waals surface area contributed by atoms with Crippen molar-refractivity contribution in [2.75, 3.05) is 32.7 Å². The highest BCUT2D eigenvalue weighted by atomic mass is 16.2. The Morgan fingerprint density at radius 1 is 0.848 bits per heavy atom. The molecule has 1 aliphatic heterocycles. The molecule has 0 saturated carbocycles. The molecule has 0 atom stereocenters. The Labute approximate surface area is 197 Å². The van der Waals surface area contributed by atoms with Crippen molar-refractivity contribution in [3.63, 3.8) is 0 Å². The molecule has 1 aromatic heterocycles. The zero-order valence-electron chi connectivity index (χ0n) is 19.8. The molecule has 4 rings (SSSR count). The molecule has 2 aromatic carbocycles. The van der Waals surface area contributed by atoms with Gasteiger partial charge in [0.1, 0.15) is 0 Å². The maximum atomic E-state index is 12.7. The molecular weight excluding hydrogens is 410 g/mol. The van der Waals surface area contributed by atoms with E-state index in [9.17, 15) is 4.79 Å². The fourth-order valence-corrected chi connectivity index (χ4v) is 4.53. The summed E-state index contributed by atoms with van der Waals surface area (Å²) in [5, 5.41) is 7.83. The average molecular weight is 446 g/mol. The number of aromatic nitrogens is 2. The van der Waals surface area contributed by atoms with Gasteiger partial charge in [0.15, 0.2) is 0 Å². The van der Waals surface area contributed by atoms with Crippen LogP contribution in [0.15, 0.2) is 60.7 Å². The van der Waals surface area contributed by atoms with E-state index in [0.29, 0.717) is 13.1 Å². The Morgan fingerprint density at radius 2 is 1.45 bits per heavy atom. The van der Waals surface area contributed by atoms with E-state index in [1.807, 2.05) is 29.8 Å². The van der Waals surface area contributed by atoms with Crippen molar-refractivity contribution < 1.29 is 4.79 Å². The van der Waals surface area contributed by atoms with Crippen LogP contribution in [0.1, 0.15) is 34.5 Å². The van der Waals surface area contributed by atoms with Gasteiger partial charge in [0.05, 0.1) is 18.8 Å². The van der Waals surface area contributed by atoms with Crippen LogP contribution in [0.5, 0.6) is 0 Å². The van der Waals surface area contributed by atoms with E-state index in [1.165, 1.54) is 11.1 Å². The van der Waals surface area contributed by atoms with E-state index in [1.54, 1.807) is 0 Å². The molecule has 0 unspecified atom stereocenters. The molecule has 1 N–H and O–H groups in total. The number of aryl methyl sites for hydroxylation is 1. The Kier molecular flexibility index (Phi) is 7.92. The van der Waals surface area contributed by atoms with Gasteiger partial charge in [0.25, 0.3) is 0 Å². The van der Waals surface area contributed by atoms with Crippen molar-refractivity contribution in [2.45, 2.75) is 39.9 Å². The fraction of sp³-hybridized carbons (Fsp3) is 0.407. The molecule has 1 aliphatic rings. The molecule has 6 nitrogen and oxygen atoms in total. The van der Waals surface area contributed by atoms with Crippen LogP contribution in [0.3, 0.4) is 0 Å². The van der Waals surface area contributed by atoms with Crippen molar-refractivity contribution in [1.29, 1.82) is 0 Å². The molecular formula is C27H35N5O. The van der Waals surface area contributed by atoms with Crippen LogP contribution in [0.2, 0.25) is 0 Å². The number of carbonyl (C=O) groups is 1. The number of rotatable bonds is 8. The highest BCUT2D eigenvalue weighted by molar-refractivity contribution is 5.78. The lowest BCUT2D eigenvalue weighted by molar-refractivity contribution is -0.122. The second-order valence-corrected chi connectivity index (χ2v) is 8.96. The predicted octanol–water partition coefficient (Wildman–Crippen LogP) is 3.37. The SMILES string of the molecule is Cc1nn(Cc2ccccc2)c(C)c1CNC(=O)CN1CCCN(Cc2ccccc2)CC1. The Hall–Kier alpha value is -2.96. The Bertz CT molecular complexity index is 1030. The molecule has 0 spiro atoms. The summed E-state index contributed by atoms with van der Waals surface area (Å²) in [5.74, 6) is 0.0844. The number of carbonyl (C=O) groups excluding carboxylic acids is 1. The molecule has 33 heavy (non-hydrogen) atoms. The molecule has 2 heterocycles. The van der Waals surface area contributed by atoms with Crippen LogP contribution < -0.4 is 5.32 Å². The van der Waals surface area contributed by atoms with E-state index in [0.717, 1.165) is 62.6 Å². The minimum absolute atomic E-state index is 0.0844. The highest BCUT2D eigenvalue weighted by Gasteiger charge is 2.18. The van der Waals surface area contributed by atoms with Crippen LogP contribution in [-0.4, -0.2) is 58.2 Å².